The van der Waals surface area contributed by atoms with Gasteiger partial charge in [0, 0.05) is 18.5 Å². The predicted octanol–water partition coefficient (Wildman–Crippen LogP) is 4.26. The van der Waals surface area contributed by atoms with E-state index < -0.39 is 0 Å². The molecule has 1 heterocycles. The van der Waals surface area contributed by atoms with E-state index in [4.69, 9.17) is 0 Å². The van der Waals surface area contributed by atoms with Crippen LogP contribution in [0.4, 0.5) is 5.69 Å². The van der Waals surface area contributed by atoms with Gasteiger partial charge < -0.3 is 10.2 Å². The molecule has 0 radical (unpaired) electrons. The molecule has 0 unspecified atom stereocenters. The second kappa shape index (κ2) is 8.48. The number of benzene rings is 1. The minimum Gasteiger partial charge on any atom is -0.339 e. The molecule has 2 amide bonds. The number of amides is 2. The van der Waals surface area contributed by atoms with Crippen molar-refractivity contribution in [3.05, 3.63) is 52.2 Å². The second-order valence-corrected chi connectivity index (χ2v) is 6.08. The summed E-state index contributed by atoms with van der Waals surface area (Å²) in [7, 11) is 0. The van der Waals surface area contributed by atoms with Gasteiger partial charge >= 0.3 is 0 Å². The Hall–Kier alpha value is -2.14. The second-order valence-electron chi connectivity index (χ2n) is 5.30. The number of hydrogen-bond donors (Lipinski definition) is 1. The van der Waals surface area contributed by atoms with E-state index in [9.17, 15) is 9.59 Å². The molecule has 0 spiro atoms. The lowest BCUT2D eigenvalue weighted by Crippen LogP contribution is -2.33. The molecule has 0 aliphatic heterocycles. The monoisotopic (exact) mass is 330 g/mol. The first-order valence-electron chi connectivity index (χ1n) is 7.89. The fourth-order valence-corrected chi connectivity index (χ4v) is 3.03. The molecule has 0 saturated carbocycles. The summed E-state index contributed by atoms with van der Waals surface area (Å²) in [5, 5.41) is 6.50. The first-order chi connectivity index (χ1) is 11.2. The van der Waals surface area contributed by atoms with Crippen LogP contribution in [0.1, 0.15) is 47.4 Å². The lowest BCUT2D eigenvalue weighted by Gasteiger charge is -2.23. The van der Waals surface area contributed by atoms with Gasteiger partial charge in [-0.05, 0) is 36.4 Å². The molecular weight excluding hydrogens is 308 g/mol. The van der Waals surface area contributed by atoms with E-state index in [1.54, 1.807) is 23.6 Å². The van der Waals surface area contributed by atoms with Crippen LogP contribution in [0.5, 0.6) is 0 Å². The highest BCUT2D eigenvalue weighted by Crippen LogP contribution is 2.19. The van der Waals surface area contributed by atoms with Crippen LogP contribution in [0.15, 0.2) is 41.1 Å². The Bertz CT molecular complexity index is 647. The Kier molecular flexibility index (Phi) is 6.35. The zero-order chi connectivity index (χ0) is 16.7. The molecule has 1 N–H and O–H groups in total. The Balaban J connectivity index is 2.22. The number of nitrogens with zero attached hydrogens (tertiary/aromatic N) is 1. The summed E-state index contributed by atoms with van der Waals surface area (Å²) in [6, 6.07) is 8.95. The van der Waals surface area contributed by atoms with Gasteiger partial charge in [0.2, 0.25) is 0 Å². The van der Waals surface area contributed by atoms with E-state index in [-0.39, 0.29) is 11.8 Å². The molecule has 122 valence electrons. The summed E-state index contributed by atoms with van der Waals surface area (Å²) in [5.41, 5.74) is 1.71. The van der Waals surface area contributed by atoms with Gasteiger partial charge in [0.15, 0.2) is 0 Å². The molecule has 0 bridgehead atoms. The van der Waals surface area contributed by atoms with Crippen molar-refractivity contribution in [2.24, 2.45) is 0 Å². The summed E-state index contributed by atoms with van der Waals surface area (Å²) < 4.78 is 0. The quantitative estimate of drug-likeness (QED) is 0.824. The van der Waals surface area contributed by atoms with E-state index in [1.807, 2.05) is 22.4 Å². The maximum Gasteiger partial charge on any atom is 0.256 e. The highest BCUT2D eigenvalue weighted by atomic mass is 32.1. The summed E-state index contributed by atoms with van der Waals surface area (Å²) in [6.45, 7) is 5.55. The van der Waals surface area contributed by atoms with Crippen LogP contribution >= 0.6 is 11.3 Å². The Labute approximate surface area is 141 Å². The third-order valence-electron chi connectivity index (χ3n) is 3.46. The lowest BCUT2D eigenvalue weighted by atomic mass is 10.1. The van der Waals surface area contributed by atoms with Crippen molar-refractivity contribution in [1.29, 1.82) is 0 Å². The Morgan fingerprint density at radius 1 is 1.09 bits per heavy atom. The molecule has 5 heteroatoms. The van der Waals surface area contributed by atoms with Crippen molar-refractivity contribution >= 4 is 28.8 Å². The summed E-state index contributed by atoms with van der Waals surface area (Å²) in [5.74, 6) is -0.223. The molecule has 1 aromatic heterocycles. The van der Waals surface area contributed by atoms with Gasteiger partial charge in [0.25, 0.3) is 11.8 Å². The molecule has 0 aliphatic carbocycles. The largest absolute Gasteiger partial charge is 0.339 e. The summed E-state index contributed by atoms with van der Waals surface area (Å²) in [6.07, 6.45) is 1.82. The van der Waals surface area contributed by atoms with Crippen molar-refractivity contribution < 1.29 is 9.59 Å². The zero-order valence-electron chi connectivity index (χ0n) is 13.5. The van der Waals surface area contributed by atoms with Gasteiger partial charge in [-0.15, -0.1) is 0 Å². The third kappa shape index (κ3) is 4.42. The lowest BCUT2D eigenvalue weighted by molar-refractivity contribution is 0.0756. The number of carbonyl (C=O) groups is 2. The number of thiophene rings is 1. The van der Waals surface area contributed by atoms with Crippen molar-refractivity contribution in [3.8, 4) is 0 Å². The van der Waals surface area contributed by atoms with E-state index in [2.05, 4.69) is 19.2 Å². The van der Waals surface area contributed by atoms with E-state index in [1.165, 1.54) is 11.3 Å². The van der Waals surface area contributed by atoms with Crippen molar-refractivity contribution in [3.63, 3.8) is 0 Å². The predicted molar refractivity (Wildman–Crippen MR) is 95.2 cm³/mol. The fourth-order valence-electron chi connectivity index (χ4n) is 2.39. The van der Waals surface area contributed by atoms with Gasteiger partial charge in [0.05, 0.1) is 16.8 Å². The van der Waals surface area contributed by atoms with Gasteiger partial charge in [0.1, 0.15) is 0 Å². The van der Waals surface area contributed by atoms with Gasteiger partial charge in [-0.25, -0.2) is 0 Å². The van der Waals surface area contributed by atoms with E-state index in [0.29, 0.717) is 16.8 Å². The number of para-hydroxylation sites is 1. The minimum atomic E-state index is -0.191. The van der Waals surface area contributed by atoms with Gasteiger partial charge in [-0.3, -0.25) is 9.59 Å². The number of carbonyl (C=O) groups excluding carboxylic acids is 2. The smallest absolute Gasteiger partial charge is 0.256 e. The molecule has 23 heavy (non-hydrogen) atoms. The van der Waals surface area contributed by atoms with Crippen LogP contribution in [0.2, 0.25) is 0 Å². The van der Waals surface area contributed by atoms with Crippen molar-refractivity contribution in [2.75, 3.05) is 18.4 Å². The van der Waals surface area contributed by atoms with Gasteiger partial charge in [-0.1, -0.05) is 26.0 Å². The highest BCUT2D eigenvalue weighted by molar-refractivity contribution is 7.08. The molecule has 2 aromatic rings. The van der Waals surface area contributed by atoms with Crippen LogP contribution in [-0.4, -0.2) is 29.8 Å². The van der Waals surface area contributed by atoms with Crippen LogP contribution in [0.25, 0.3) is 0 Å². The van der Waals surface area contributed by atoms with E-state index in [0.717, 1.165) is 25.9 Å². The van der Waals surface area contributed by atoms with Crippen LogP contribution in [0.3, 0.4) is 0 Å². The zero-order valence-corrected chi connectivity index (χ0v) is 14.4. The fraction of sp³-hybridized carbons (Fsp3) is 0.333. The molecule has 0 aliphatic rings. The van der Waals surface area contributed by atoms with Crippen molar-refractivity contribution in [1.82, 2.24) is 4.90 Å². The Morgan fingerprint density at radius 2 is 1.78 bits per heavy atom. The molecule has 0 saturated heterocycles. The average molecular weight is 330 g/mol. The molecular formula is C18H22N2O2S. The van der Waals surface area contributed by atoms with Crippen molar-refractivity contribution in [2.45, 2.75) is 26.7 Å². The normalized spacial score (nSPS) is 10.3. The van der Waals surface area contributed by atoms with Crippen LogP contribution < -0.4 is 5.32 Å². The standard InChI is InChI=1S/C18H22N2O2S/c1-3-10-20(11-4-2)18(22)15-7-5-6-8-16(15)19-17(21)14-9-12-23-13-14/h5-9,12-13H,3-4,10-11H2,1-2H3,(H,19,21). The number of rotatable bonds is 7. The van der Waals surface area contributed by atoms with Crippen LogP contribution in [0, 0.1) is 0 Å². The SMILES string of the molecule is CCCN(CCC)C(=O)c1ccccc1NC(=O)c1ccsc1. The molecule has 2 rings (SSSR count). The molecule has 1 aromatic carbocycles. The average Bonchev–Trinajstić information content (AvgIpc) is 3.09. The first kappa shape index (κ1) is 17.2. The highest BCUT2D eigenvalue weighted by Gasteiger charge is 2.19. The summed E-state index contributed by atoms with van der Waals surface area (Å²) >= 11 is 1.47. The number of hydrogen-bond acceptors (Lipinski definition) is 3. The maximum absolute atomic E-state index is 12.8. The third-order valence-corrected chi connectivity index (χ3v) is 4.15. The topological polar surface area (TPSA) is 49.4 Å². The van der Waals surface area contributed by atoms with Crippen LogP contribution in [-0.2, 0) is 0 Å². The molecule has 4 nitrogen and oxygen atoms in total. The number of nitrogens with one attached hydrogen (secondary N) is 1. The summed E-state index contributed by atoms with van der Waals surface area (Å²) in [4.78, 5) is 26.9. The van der Waals surface area contributed by atoms with E-state index >= 15 is 0 Å². The maximum atomic E-state index is 12.8. The minimum absolute atomic E-state index is 0.0325. The Morgan fingerprint density at radius 3 is 2.39 bits per heavy atom. The van der Waals surface area contributed by atoms with Gasteiger partial charge in [-0.2, -0.15) is 11.3 Å². The first-order valence-corrected chi connectivity index (χ1v) is 8.83. The number of anilines is 1. The molecule has 0 fully saturated rings. The molecule has 0 atom stereocenters.